The molecule has 1 aliphatic heterocycles. The topological polar surface area (TPSA) is 114 Å². The van der Waals surface area contributed by atoms with Gasteiger partial charge in [0.25, 0.3) is 0 Å². The van der Waals surface area contributed by atoms with Gasteiger partial charge in [-0.15, -0.1) is 0 Å². The molecule has 1 amide bonds. The Morgan fingerprint density at radius 2 is 1.95 bits per heavy atom. The summed E-state index contributed by atoms with van der Waals surface area (Å²) in [6.07, 6.45) is -4.12. The number of alkyl carbamates (subject to hydrolysis) is 1. The van der Waals surface area contributed by atoms with Crippen LogP contribution in [0.5, 0.6) is 0 Å². The van der Waals surface area contributed by atoms with E-state index in [1.807, 2.05) is 0 Å². The van der Waals surface area contributed by atoms with E-state index >= 15 is 0 Å². The van der Waals surface area contributed by atoms with Gasteiger partial charge in [-0.3, -0.25) is 0 Å². The van der Waals surface area contributed by atoms with Gasteiger partial charge in [0.2, 0.25) is 0 Å². The quantitative estimate of drug-likeness (QED) is 0.563. The molecule has 0 bridgehead atoms. The second-order valence-corrected chi connectivity index (χ2v) is 5.94. The fourth-order valence-electron chi connectivity index (χ4n) is 1.67. The third kappa shape index (κ3) is 5.86. The Morgan fingerprint density at radius 3 is 2.52 bits per heavy atom. The minimum absolute atomic E-state index is 0.172. The van der Waals surface area contributed by atoms with E-state index in [9.17, 15) is 19.8 Å². The fourth-order valence-corrected chi connectivity index (χ4v) is 1.67. The Balaban J connectivity index is 2.68. The minimum atomic E-state index is -1.26. The normalized spacial score (nSPS) is 31.4. The van der Waals surface area contributed by atoms with Gasteiger partial charge in [0, 0.05) is 0 Å². The van der Waals surface area contributed by atoms with Gasteiger partial charge in [0.1, 0.15) is 23.9 Å². The summed E-state index contributed by atoms with van der Waals surface area (Å²) in [5, 5.41) is 21.6. The average Bonchev–Trinajstić information content (AvgIpc) is 2.36. The van der Waals surface area contributed by atoms with Crippen LogP contribution in [0, 0.1) is 0 Å². The Bertz CT molecular complexity index is 379. The van der Waals surface area contributed by atoms with Crippen LogP contribution in [0.15, 0.2) is 0 Å². The molecule has 1 heterocycles. The molecule has 1 rings (SSSR count). The SMILES string of the molecule is C[C@@H]1OC(=O)[C@@H](NC(=O)OC(C)(C)C)COC[C@H](O)[C@H]1O. The van der Waals surface area contributed by atoms with Gasteiger partial charge in [0.15, 0.2) is 6.04 Å². The van der Waals surface area contributed by atoms with Gasteiger partial charge in [-0.1, -0.05) is 0 Å². The molecule has 8 nitrogen and oxygen atoms in total. The molecule has 4 atom stereocenters. The number of aliphatic hydroxyl groups excluding tert-OH is 2. The maximum Gasteiger partial charge on any atom is 0.408 e. The van der Waals surface area contributed by atoms with Gasteiger partial charge in [-0.2, -0.15) is 0 Å². The van der Waals surface area contributed by atoms with Crippen molar-refractivity contribution in [3.05, 3.63) is 0 Å². The third-order valence-corrected chi connectivity index (χ3v) is 2.73. The van der Waals surface area contributed by atoms with Crippen molar-refractivity contribution >= 4 is 12.1 Å². The van der Waals surface area contributed by atoms with Gasteiger partial charge in [-0.25, -0.2) is 9.59 Å². The molecule has 0 aliphatic carbocycles. The largest absolute Gasteiger partial charge is 0.458 e. The van der Waals surface area contributed by atoms with Gasteiger partial charge in [-0.05, 0) is 27.7 Å². The molecule has 0 radical (unpaired) electrons. The van der Waals surface area contributed by atoms with Crippen molar-refractivity contribution in [3.8, 4) is 0 Å². The van der Waals surface area contributed by atoms with E-state index in [1.165, 1.54) is 6.92 Å². The Hall–Kier alpha value is -1.38. The van der Waals surface area contributed by atoms with Crippen molar-refractivity contribution < 1.29 is 34.0 Å². The van der Waals surface area contributed by atoms with Crippen molar-refractivity contribution in [2.24, 2.45) is 0 Å². The molecule has 0 unspecified atom stereocenters. The second-order valence-electron chi connectivity index (χ2n) is 5.94. The molecule has 8 heteroatoms. The van der Waals surface area contributed by atoms with Crippen LogP contribution >= 0.6 is 0 Å². The lowest BCUT2D eigenvalue weighted by Crippen LogP contribution is -2.47. The zero-order valence-corrected chi connectivity index (χ0v) is 12.7. The highest BCUT2D eigenvalue weighted by Crippen LogP contribution is 2.11. The number of hydrogen-bond donors (Lipinski definition) is 3. The van der Waals surface area contributed by atoms with E-state index < -0.39 is 42.0 Å². The van der Waals surface area contributed by atoms with E-state index in [0.717, 1.165) is 0 Å². The highest BCUT2D eigenvalue weighted by molar-refractivity contribution is 5.81. The predicted octanol–water partition coefficient (Wildman–Crippen LogP) is -0.437. The number of rotatable bonds is 1. The van der Waals surface area contributed by atoms with Gasteiger partial charge >= 0.3 is 12.1 Å². The fraction of sp³-hybridized carbons (Fsp3) is 0.846. The molecule has 0 aromatic heterocycles. The molecule has 3 N–H and O–H groups in total. The van der Waals surface area contributed by atoms with E-state index in [0.29, 0.717) is 0 Å². The number of carbonyl (C=O) groups is 2. The first-order valence-corrected chi connectivity index (χ1v) is 6.74. The number of aliphatic hydroxyl groups is 2. The number of carbonyl (C=O) groups excluding carboxylic acids is 2. The molecule has 122 valence electrons. The smallest absolute Gasteiger partial charge is 0.408 e. The van der Waals surface area contributed by atoms with E-state index in [-0.39, 0.29) is 13.2 Å². The van der Waals surface area contributed by atoms with Crippen LogP contribution in [0.4, 0.5) is 4.79 Å². The van der Waals surface area contributed by atoms with Crippen molar-refractivity contribution in [2.75, 3.05) is 13.2 Å². The number of esters is 1. The summed E-state index contributed by atoms with van der Waals surface area (Å²) in [7, 11) is 0. The van der Waals surface area contributed by atoms with Crippen LogP contribution in [0.25, 0.3) is 0 Å². The first kappa shape index (κ1) is 17.7. The molecule has 0 aromatic carbocycles. The predicted molar refractivity (Wildman–Crippen MR) is 71.5 cm³/mol. The summed E-state index contributed by atoms with van der Waals surface area (Å²) >= 11 is 0. The molecule has 0 saturated carbocycles. The van der Waals surface area contributed by atoms with Gasteiger partial charge in [0.05, 0.1) is 13.2 Å². The summed E-state index contributed by atoms with van der Waals surface area (Å²) in [6.45, 7) is 6.17. The third-order valence-electron chi connectivity index (χ3n) is 2.73. The van der Waals surface area contributed by atoms with E-state index in [2.05, 4.69) is 5.32 Å². The van der Waals surface area contributed by atoms with E-state index in [4.69, 9.17) is 14.2 Å². The monoisotopic (exact) mass is 305 g/mol. The standard InChI is InChI=1S/C13H23NO7/c1-7-10(16)9(15)6-19-5-8(11(17)20-7)14-12(18)21-13(2,3)4/h7-10,15-16H,5-6H2,1-4H3,(H,14,18)/t7-,8-,9-,10-/m0/s1. The zero-order chi connectivity index (χ0) is 16.2. The van der Waals surface area contributed by atoms with Gasteiger partial charge < -0.3 is 29.7 Å². The Kier molecular flexibility index (Phi) is 5.94. The lowest BCUT2D eigenvalue weighted by molar-refractivity contribution is -0.158. The number of cyclic esters (lactones) is 1. The number of amides is 1. The molecule has 21 heavy (non-hydrogen) atoms. The minimum Gasteiger partial charge on any atom is -0.458 e. The van der Waals surface area contributed by atoms with Crippen LogP contribution in [-0.2, 0) is 19.0 Å². The maximum absolute atomic E-state index is 11.9. The van der Waals surface area contributed by atoms with Crippen molar-refractivity contribution in [1.82, 2.24) is 5.32 Å². The highest BCUT2D eigenvalue weighted by Gasteiger charge is 2.33. The van der Waals surface area contributed by atoms with Crippen LogP contribution < -0.4 is 5.32 Å². The number of ether oxygens (including phenoxy) is 3. The summed E-state index contributed by atoms with van der Waals surface area (Å²) in [5.41, 5.74) is -0.701. The summed E-state index contributed by atoms with van der Waals surface area (Å²) < 4.78 is 15.2. The lowest BCUT2D eigenvalue weighted by Gasteiger charge is -2.24. The summed E-state index contributed by atoms with van der Waals surface area (Å²) in [4.78, 5) is 23.6. The molecule has 0 spiro atoms. The first-order chi connectivity index (χ1) is 9.60. The molecule has 1 aliphatic rings. The molecule has 0 aromatic rings. The van der Waals surface area contributed by atoms with Crippen molar-refractivity contribution in [1.29, 1.82) is 0 Å². The van der Waals surface area contributed by atoms with Crippen LogP contribution in [0.1, 0.15) is 27.7 Å². The first-order valence-electron chi connectivity index (χ1n) is 6.74. The molecular weight excluding hydrogens is 282 g/mol. The summed E-state index contributed by atoms with van der Waals surface area (Å²) in [5.74, 6) is -0.762. The highest BCUT2D eigenvalue weighted by atomic mass is 16.6. The zero-order valence-electron chi connectivity index (χ0n) is 12.7. The van der Waals surface area contributed by atoms with Crippen LogP contribution in [-0.4, -0.2) is 65.4 Å². The molecule has 1 saturated heterocycles. The number of nitrogens with one attached hydrogen (secondary N) is 1. The Labute approximate surface area is 123 Å². The van der Waals surface area contributed by atoms with Crippen molar-refractivity contribution in [3.63, 3.8) is 0 Å². The Morgan fingerprint density at radius 1 is 1.33 bits per heavy atom. The average molecular weight is 305 g/mol. The molecular formula is C13H23NO7. The molecule has 1 fully saturated rings. The maximum atomic E-state index is 11.9. The second kappa shape index (κ2) is 7.06. The summed E-state index contributed by atoms with van der Waals surface area (Å²) in [6, 6.07) is -1.07. The van der Waals surface area contributed by atoms with Crippen molar-refractivity contribution in [2.45, 2.75) is 57.6 Å². The number of hydrogen-bond acceptors (Lipinski definition) is 7. The van der Waals surface area contributed by atoms with Crippen LogP contribution in [0.3, 0.4) is 0 Å². The lowest BCUT2D eigenvalue weighted by atomic mass is 10.1. The van der Waals surface area contributed by atoms with E-state index in [1.54, 1.807) is 20.8 Å². The van der Waals surface area contributed by atoms with Crippen LogP contribution in [0.2, 0.25) is 0 Å².